The molecule has 0 radical (unpaired) electrons. The first-order valence-corrected chi connectivity index (χ1v) is 8.01. The lowest BCUT2D eigenvalue weighted by atomic mass is 9.68. The van der Waals surface area contributed by atoms with Crippen molar-refractivity contribution in [3.8, 4) is 5.75 Å². The molecule has 1 aromatic carbocycles. The Morgan fingerprint density at radius 1 is 1.25 bits per heavy atom. The summed E-state index contributed by atoms with van der Waals surface area (Å²) in [7, 11) is 0. The summed E-state index contributed by atoms with van der Waals surface area (Å²) in [5, 5.41) is 3.88. The molecular weight excluding hydrogens is 246 g/mol. The zero-order valence-corrected chi connectivity index (χ0v) is 12.8. The zero-order valence-electron chi connectivity index (χ0n) is 12.8. The van der Waals surface area contributed by atoms with Gasteiger partial charge in [-0.15, -0.1) is 0 Å². The molecule has 3 aliphatic rings. The number of benzene rings is 1. The third-order valence-electron chi connectivity index (χ3n) is 6.27. The van der Waals surface area contributed by atoms with Crippen LogP contribution in [0.5, 0.6) is 5.75 Å². The van der Waals surface area contributed by atoms with Crippen LogP contribution in [0.25, 0.3) is 0 Å². The van der Waals surface area contributed by atoms with E-state index in [4.69, 9.17) is 4.74 Å². The van der Waals surface area contributed by atoms with E-state index < -0.39 is 0 Å². The SMILES string of the molecule is CC12CCC(C1)C(C)(C)C2Nc1ccc2c(c1)CCO2. The fourth-order valence-corrected chi connectivity index (χ4v) is 5.11. The fourth-order valence-electron chi connectivity index (χ4n) is 5.11. The summed E-state index contributed by atoms with van der Waals surface area (Å²) in [6, 6.07) is 7.21. The molecule has 0 amide bonds. The van der Waals surface area contributed by atoms with Gasteiger partial charge in [-0.05, 0) is 59.8 Å². The van der Waals surface area contributed by atoms with Gasteiger partial charge in [-0.25, -0.2) is 0 Å². The Balaban J connectivity index is 1.62. The summed E-state index contributed by atoms with van der Waals surface area (Å²) in [4.78, 5) is 0. The van der Waals surface area contributed by atoms with Crippen LogP contribution in [0.15, 0.2) is 18.2 Å². The molecule has 2 saturated carbocycles. The minimum Gasteiger partial charge on any atom is -0.493 e. The van der Waals surface area contributed by atoms with Gasteiger partial charge in [-0.3, -0.25) is 0 Å². The molecule has 2 heteroatoms. The predicted octanol–water partition coefficient (Wildman–Crippen LogP) is 4.25. The lowest BCUT2D eigenvalue weighted by molar-refractivity contribution is 0.155. The van der Waals surface area contributed by atoms with Crippen LogP contribution in [-0.2, 0) is 6.42 Å². The van der Waals surface area contributed by atoms with E-state index in [2.05, 4.69) is 44.3 Å². The standard InChI is InChI=1S/C18H25NO/c1-17(2)13-6-8-18(3,11-13)16(17)19-14-4-5-15-12(10-14)7-9-20-15/h4-5,10,13,16,19H,6-9,11H2,1-3H3. The van der Waals surface area contributed by atoms with Crippen molar-refractivity contribution in [2.75, 3.05) is 11.9 Å². The van der Waals surface area contributed by atoms with E-state index in [-0.39, 0.29) is 0 Å². The van der Waals surface area contributed by atoms with Crippen LogP contribution < -0.4 is 10.1 Å². The van der Waals surface area contributed by atoms with Crippen LogP contribution in [0, 0.1) is 16.7 Å². The highest BCUT2D eigenvalue weighted by molar-refractivity contribution is 5.53. The second-order valence-corrected chi connectivity index (χ2v) is 7.91. The van der Waals surface area contributed by atoms with Crippen molar-refractivity contribution in [1.29, 1.82) is 0 Å². The molecule has 3 atom stereocenters. The summed E-state index contributed by atoms with van der Waals surface area (Å²) < 4.78 is 5.61. The first kappa shape index (κ1) is 12.6. The van der Waals surface area contributed by atoms with E-state index in [1.807, 2.05) is 0 Å². The Bertz CT molecular complexity index is 546. The molecule has 0 saturated heterocycles. The Hall–Kier alpha value is -1.18. The first-order chi connectivity index (χ1) is 9.49. The molecule has 1 aromatic rings. The highest BCUT2D eigenvalue weighted by Gasteiger charge is 2.59. The summed E-state index contributed by atoms with van der Waals surface area (Å²) >= 11 is 0. The molecule has 20 heavy (non-hydrogen) atoms. The topological polar surface area (TPSA) is 21.3 Å². The molecule has 1 N–H and O–H groups in total. The van der Waals surface area contributed by atoms with Crippen LogP contribution >= 0.6 is 0 Å². The van der Waals surface area contributed by atoms with Gasteiger partial charge in [0.25, 0.3) is 0 Å². The number of hydrogen-bond acceptors (Lipinski definition) is 2. The van der Waals surface area contributed by atoms with E-state index in [0.717, 1.165) is 24.7 Å². The van der Waals surface area contributed by atoms with Crippen molar-refractivity contribution in [3.63, 3.8) is 0 Å². The number of hydrogen-bond donors (Lipinski definition) is 1. The molecule has 2 bridgehead atoms. The average molecular weight is 271 g/mol. The number of ether oxygens (including phenoxy) is 1. The number of anilines is 1. The van der Waals surface area contributed by atoms with Crippen molar-refractivity contribution in [2.45, 2.75) is 52.5 Å². The van der Waals surface area contributed by atoms with E-state index >= 15 is 0 Å². The Kier molecular flexibility index (Phi) is 2.47. The monoisotopic (exact) mass is 271 g/mol. The second kappa shape index (κ2) is 3.93. The normalized spacial score (nSPS) is 36.8. The first-order valence-electron chi connectivity index (χ1n) is 8.01. The Morgan fingerprint density at radius 3 is 2.85 bits per heavy atom. The van der Waals surface area contributed by atoms with Crippen molar-refractivity contribution < 1.29 is 4.74 Å². The van der Waals surface area contributed by atoms with Crippen molar-refractivity contribution in [3.05, 3.63) is 23.8 Å². The van der Waals surface area contributed by atoms with Gasteiger partial charge >= 0.3 is 0 Å². The fraction of sp³-hybridized carbons (Fsp3) is 0.667. The van der Waals surface area contributed by atoms with Gasteiger partial charge in [-0.2, -0.15) is 0 Å². The van der Waals surface area contributed by atoms with Gasteiger partial charge in [0, 0.05) is 18.2 Å². The third kappa shape index (κ3) is 1.63. The summed E-state index contributed by atoms with van der Waals surface area (Å²) in [6.07, 6.45) is 5.25. The van der Waals surface area contributed by atoms with Crippen LogP contribution in [0.3, 0.4) is 0 Å². The van der Waals surface area contributed by atoms with Crippen molar-refractivity contribution in [2.24, 2.45) is 16.7 Å². The van der Waals surface area contributed by atoms with Crippen LogP contribution in [0.4, 0.5) is 5.69 Å². The van der Waals surface area contributed by atoms with Gasteiger partial charge in [-0.1, -0.05) is 20.8 Å². The maximum absolute atomic E-state index is 5.61. The maximum atomic E-state index is 5.61. The minimum absolute atomic E-state index is 0.405. The van der Waals surface area contributed by atoms with Gasteiger partial charge in [0.1, 0.15) is 5.75 Å². The highest BCUT2D eigenvalue weighted by atomic mass is 16.5. The maximum Gasteiger partial charge on any atom is 0.122 e. The highest BCUT2D eigenvalue weighted by Crippen LogP contribution is 2.63. The van der Waals surface area contributed by atoms with E-state index in [9.17, 15) is 0 Å². The number of fused-ring (bicyclic) bond motifs is 3. The molecule has 2 aliphatic carbocycles. The quantitative estimate of drug-likeness (QED) is 0.868. The Morgan fingerprint density at radius 2 is 2.10 bits per heavy atom. The van der Waals surface area contributed by atoms with E-state index in [0.29, 0.717) is 16.9 Å². The van der Waals surface area contributed by atoms with E-state index in [1.165, 1.54) is 30.5 Å². The predicted molar refractivity (Wildman–Crippen MR) is 82.3 cm³/mol. The van der Waals surface area contributed by atoms with Crippen molar-refractivity contribution in [1.82, 2.24) is 0 Å². The summed E-state index contributed by atoms with van der Waals surface area (Å²) in [5.41, 5.74) is 3.52. The smallest absolute Gasteiger partial charge is 0.122 e. The molecular formula is C18H25NO. The summed E-state index contributed by atoms with van der Waals surface area (Å²) in [5.74, 6) is 1.97. The molecule has 0 aromatic heterocycles. The van der Waals surface area contributed by atoms with Crippen LogP contribution in [-0.4, -0.2) is 12.6 Å². The average Bonchev–Trinajstić information content (AvgIpc) is 3.05. The van der Waals surface area contributed by atoms with Crippen molar-refractivity contribution >= 4 is 5.69 Å². The molecule has 2 nitrogen and oxygen atoms in total. The number of rotatable bonds is 2. The molecule has 4 rings (SSSR count). The molecule has 2 fully saturated rings. The lowest BCUT2D eigenvalue weighted by Crippen LogP contribution is -2.45. The molecule has 1 heterocycles. The van der Waals surface area contributed by atoms with Gasteiger partial charge in [0.05, 0.1) is 6.61 Å². The minimum atomic E-state index is 0.405. The Labute approximate surface area is 121 Å². The third-order valence-corrected chi connectivity index (χ3v) is 6.27. The van der Waals surface area contributed by atoms with Gasteiger partial charge < -0.3 is 10.1 Å². The lowest BCUT2D eigenvalue weighted by Gasteiger charge is -2.43. The molecule has 108 valence electrons. The molecule has 0 spiro atoms. The van der Waals surface area contributed by atoms with Crippen LogP contribution in [0.1, 0.15) is 45.6 Å². The van der Waals surface area contributed by atoms with Gasteiger partial charge in [0.15, 0.2) is 0 Å². The zero-order chi connectivity index (χ0) is 14.0. The number of nitrogens with one attached hydrogen (secondary N) is 1. The summed E-state index contributed by atoms with van der Waals surface area (Å²) in [6.45, 7) is 8.23. The molecule has 3 unspecified atom stereocenters. The second-order valence-electron chi connectivity index (χ2n) is 7.91. The molecule has 1 aliphatic heterocycles. The van der Waals surface area contributed by atoms with Gasteiger partial charge in [0.2, 0.25) is 0 Å². The largest absolute Gasteiger partial charge is 0.493 e. The van der Waals surface area contributed by atoms with E-state index in [1.54, 1.807) is 0 Å². The van der Waals surface area contributed by atoms with Crippen LogP contribution in [0.2, 0.25) is 0 Å².